The maximum absolute atomic E-state index is 11.8. The third-order valence-electron chi connectivity index (χ3n) is 3.06. The number of halogens is 2. The third kappa shape index (κ3) is 5.96. The van der Waals surface area contributed by atoms with Crippen molar-refractivity contribution in [3.05, 3.63) is 22.2 Å². The lowest BCUT2D eigenvalue weighted by atomic mass is 10.1. The second-order valence-corrected chi connectivity index (χ2v) is 8.28. The van der Waals surface area contributed by atoms with Crippen LogP contribution in [0.1, 0.15) is 44.6 Å². The fourth-order valence-corrected chi connectivity index (χ4v) is 3.74. The summed E-state index contributed by atoms with van der Waals surface area (Å²) in [6.45, 7) is 3.76. The molecule has 118 valence electrons. The maximum Gasteiger partial charge on any atom is 0.261 e. The molecular formula is C14H19BrClNO3S. The molecule has 4 nitrogen and oxygen atoms in total. The standard InChI is InChI=1S/C14H19BrClNO3S/c1-3-4-5-6-7-14(18)17-12-8-10(2)13(9-11(12)15)21(16,19)20/h8-9H,3-7H2,1-2H3,(H,17,18). The van der Waals surface area contributed by atoms with Gasteiger partial charge in [0.1, 0.15) is 0 Å². The van der Waals surface area contributed by atoms with Crippen LogP contribution in [0.2, 0.25) is 0 Å². The topological polar surface area (TPSA) is 63.2 Å². The second-order valence-electron chi connectivity index (χ2n) is 4.89. The Labute approximate surface area is 138 Å². The highest BCUT2D eigenvalue weighted by Gasteiger charge is 2.16. The van der Waals surface area contributed by atoms with Crippen LogP contribution in [-0.2, 0) is 13.8 Å². The number of carbonyl (C=O) groups is 1. The van der Waals surface area contributed by atoms with Gasteiger partial charge in [0.15, 0.2) is 0 Å². The first-order valence-electron chi connectivity index (χ1n) is 6.80. The van der Waals surface area contributed by atoms with E-state index in [9.17, 15) is 13.2 Å². The van der Waals surface area contributed by atoms with Gasteiger partial charge in [-0.15, -0.1) is 0 Å². The summed E-state index contributed by atoms with van der Waals surface area (Å²) in [6, 6.07) is 3.01. The monoisotopic (exact) mass is 395 g/mol. The van der Waals surface area contributed by atoms with Gasteiger partial charge >= 0.3 is 0 Å². The highest BCUT2D eigenvalue weighted by Crippen LogP contribution is 2.30. The van der Waals surface area contributed by atoms with Crippen molar-refractivity contribution in [2.75, 3.05) is 5.32 Å². The lowest BCUT2D eigenvalue weighted by molar-refractivity contribution is -0.116. The van der Waals surface area contributed by atoms with Gasteiger partial charge in [-0.2, -0.15) is 0 Å². The van der Waals surface area contributed by atoms with Gasteiger partial charge in [-0.1, -0.05) is 26.2 Å². The van der Waals surface area contributed by atoms with Crippen molar-refractivity contribution in [3.63, 3.8) is 0 Å². The van der Waals surface area contributed by atoms with Gasteiger partial charge in [-0.05, 0) is 47.0 Å². The van der Waals surface area contributed by atoms with Crippen molar-refractivity contribution in [3.8, 4) is 0 Å². The molecule has 0 heterocycles. The van der Waals surface area contributed by atoms with Crippen LogP contribution in [0.15, 0.2) is 21.5 Å². The van der Waals surface area contributed by atoms with Crippen LogP contribution in [0.5, 0.6) is 0 Å². The first-order valence-corrected chi connectivity index (χ1v) is 9.90. The van der Waals surface area contributed by atoms with Gasteiger partial charge in [0, 0.05) is 21.6 Å². The van der Waals surface area contributed by atoms with E-state index in [0.29, 0.717) is 22.1 Å². The Balaban J connectivity index is 2.77. The molecule has 0 radical (unpaired) electrons. The molecule has 21 heavy (non-hydrogen) atoms. The molecule has 0 aromatic heterocycles. The second kappa shape index (κ2) is 8.15. The van der Waals surface area contributed by atoms with Crippen molar-refractivity contribution >= 4 is 47.3 Å². The molecule has 1 N–H and O–H groups in total. The van der Waals surface area contributed by atoms with Crippen LogP contribution in [0.25, 0.3) is 0 Å². The molecule has 0 spiro atoms. The Bertz CT molecular complexity index is 617. The number of anilines is 1. The van der Waals surface area contributed by atoms with Gasteiger partial charge in [0.05, 0.1) is 10.6 Å². The number of hydrogen-bond donors (Lipinski definition) is 1. The zero-order chi connectivity index (χ0) is 16.0. The predicted molar refractivity (Wildman–Crippen MR) is 89.3 cm³/mol. The summed E-state index contributed by atoms with van der Waals surface area (Å²) in [6.07, 6.45) is 4.60. The minimum Gasteiger partial charge on any atom is -0.325 e. The molecule has 1 aromatic carbocycles. The number of aryl methyl sites for hydroxylation is 1. The van der Waals surface area contributed by atoms with E-state index >= 15 is 0 Å². The maximum atomic E-state index is 11.8. The van der Waals surface area contributed by atoms with E-state index in [-0.39, 0.29) is 10.8 Å². The summed E-state index contributed by atoms with van der Waals surface area (Å²) in [7, 11) is 1.56. The molecule has 7 heteroatoms. The molecule has 0 unspecified atom stereocenters. The summed E-state index contributed by atoms with van der Waals surface area (Å²) in [4.78, 5) is 11.9. The van der Waals surface area contributed by atoms with Crippen LogP contribution < -0.4 is 5.32 Å². The highest BCUT2D eigenvalue weighted by molar-refractivity contribution is 9.10. The van der Waals surface area contributed by atoms with Gasteiger partial charge in [0.2, 0.25) is 5.91 Å². The first kappa shape index (κ1) is 18.5. The molecule has 1 rings (SSSR count). The minimum absolute atomic E-state index is 0.0389. The number of hydrogen-bond acceptors (Lipinski definition) is 3. The van der Waals surface area contributed by atoms with Gasteiger partial charge < -0.3 is 5.32 Å². The van der Waals surface area contributed by atoms with Crippen LogP contribution >= 0.6 is 26.6 Å². The van der Waals surface area contributed by atoms with E-state index in [2.05, 4.69) is 28.2 Å². The van der Waals surface area contributed by atoms with Crippen molar-refractivity contribution in [2.45, 2.75) is 50.8 Å². The molecule has 1 amide bonds. The molecule has 0 fully saturated rings. The van der Waals surface area contributed by atoms with E-state index < -0.39 is 9.05 Å². The third-order valence-corrected chi connectivity index (χ3v) is 5.18. The number of benzene rings is 1. The molecule has 0 saturated carbocycles. The molecule has 0 atom stereocenters. The van der Waals surface area contributed by atoms with Crippen LogP contribution in [0.4, 0.5) is 5.69 Å². The van der Waals surface area contributed by atoms with Crippen LogP contribution in [-0.4, -0.2) is 14.3 Å². The molecule has 0 aliphatic rings. The largest absolute Gasteiger partial charge is 0.325 e. The number of amides is 1. The molecular weight excluding hydrogens is 378 g/mol. The summed E-state index contributed by atoms with van der Waals surface area (Å²) >= 11 is 3.26. The van der Waals surface area contributed by atoms with E-state index in [1.165, 1.54) is 6.07 Å². The Kier molecular flexibility index (Phi) is 7.16. The van der Waals surface area contributed by atoms with E-state index in [0.717, 1.165) is 25.7 Å². The summed E-state index contributed by atoms with van der Waals surface area (Å²) < 4.78 is 23.3. The zero-order valence-electron chi connectivity index (χ0n) is 12.1. The number of rotatable bonds is 7. The highest BCUT2D eigenvalue weighted by atomic mass is 79.9. The van der Waals surface area contributed by atoms with E-state index in [1.807, 2.05) is 0 Å². The first-order chi connectivity index (χ1) is 9.75. The van der Waals surface area contributed by atoms with Gasteiger partial charge in [0.25, 0.3) is 9.05 Å². The molecule has 0 aliphatic carbocycles. The van der Waals surface area contributed by atoms with Gasteiger partial charge in [-0.3, -0.25) is 4.79 Å². The van der Waals surface area contributed by atoms with Crippen molar-refractivity contribution in [1.29, 1.82) is 0 Å². The van der Waals surface area contributed by atoms with Gasteiger partial charge in [-0.25, -0.2) is 8.42 Å². The molecule has 0 aliphatic heterocycles. The predicted octanol–water partition coefficient (Wildman–Crippen LogP) is 4.59. The fraction of sp³-hybridized carbons (Fsp3) is 0.500. The van der Waals surface area contributed by atoms with Crippen molar-refractivity contribution in [1.82, 2.24) is 0 Å². The van der Waals surface area contributed by atoms with E-state index in [4.69, 9.17) is 10.7 Å². The SMILES string of the molecule is CCCCCCC(=O)Nc1cc(C)c(S(=O)(=O)Cl)cc1Br. The molecule has 0 bridgehead atoms. The van der Waals surface area contributed by atoms with Crippen molar-refractivity contribution in [2.24, 2.45) is 0 Å². The Morgan fingerprint density at radius 3 is 2.52 bits per heavy atom. The molecule has 1 aromatic rings. The summed E-state index contributed by atoms with van der Waals surface area (Å²) in [5, 5.41) is 2.78. The number of unbranched alkanes of at least 4 members (excludes halogenated alkanes) is 3. The average molecular weight is 397 g/mol. The molecule has 0 saturated heterocycles. The zero-order valence-corrected chi connectivity index (χ0v) is 15.2. The summed E-state index contributed by atoms with van der Waals surface area (Å²) in [5.41, 5.74) is 1.05. The fourth-order valence-electron chi connectivity index (χ4n) is 1.95. The Hall–Kier alpha value is -0.590. The number of nitrogens with one attached hydrogen (secondary N) is 1. The lowest BCUT2D eigenvalue weighted by Gasteiger charge is -2.11. The number of carbonyl (C=O) groups excluding carboxylic acids is 1. The normalized spacial score (nSPS) is 11.4. The van der Waals surface area contributed by atoms with E-state index in [1.54, 1.807) is 13.0 Å². The summed E-state index contributed by atoms with van der Waals surface area (Å²) in [5.74, 6) is -0.0762. The lowest BCUT2D eigenvalue weighted by Crippen LogP contribution is -2.12. The minimum atomic E-state index is -3.79. The van der Waals surface area contributed by atoms with Crippen LogP contribution in [0.3, 0.4) is 0 Å². The Morgan fingerprint density at radius 2 is 1.95 bits per heavy atom. The van der Waals surface area contributed by atoms with Crippen molar-refractivity contribution < 1.29 is 13.2 Å². The average Bonchev–Trinajstić information content (AvgIpc) is 2.37. The quantitative estimate of drug-likeness (QED) is 0.541. The Morgan fingerprint density at radius 1 is 1.29 bits per heavy atom. The smallest absolute Gasteiger partial charge is 0.261 e. The van der Waals surface area contributed by atoms with Crippen LogP contribution in [0, 0.1) is 6.92 Å².